The highest BCUT2D eigenvalue weighted by atomic mass is 16.5. The number of carbonyl (C=O) groups is 2. The summed E-state index contributed by atoms with van der Waals surface area (Å²) in [6.45, 7) is 0. The predicted octanol–water partition coefficient (Wildman–Crippen LogP) is 4.21. The molecule has 0 atom stereocenters. The van der Waals surface area contributed by atoms with Crippen LogP contribution in [0.3, 0.4) is 0 Å². The second-order valence-electron chi connectivity index (χ2n) is 6.11. The molecule has 3 aromatic rings. The molecule has 3 rings (SSSR count). The lowest BCUT2D eigenvalue weighted by Gasteiger charge is -2.10. The predicted molar refractivity (Wildman–Crippen MR) is 103 cm³/mol. The first kappa shape index (κ1) is 18.4. The summed E-state index contributed by atoms with van der Waals surface area (Å²) in [6, 6.07) is 24.3. The van der Waals surface area contributed by atoms with E-state index >= 15 is 0 Å². The molecule has 0 aliphatic carbocycles. The lowest BCUT2D eigenvalue weighted by Crippen LogP contribution is -2.12. The second kappa shape index (κ2) is 8.81. The van der Waals surface area contributed by atoms with Crippen LogP contribution in [-0.4, -0.2) is 19.0 Å². The van der Waals surface area contributed by atoms with E-state index in [1.807, 2.05) is 48.5 Å². The van der Waals surface area contributed by atoms with Gasteiger partial charge in [0.2, 0.25) is 0 Å². The number of benzene rings is 3. The first-order chi connectivity index (χ1) is 13.2. The lowest BCUT2D eigenvalue weighted by atomic mass is 10.00. The van der Waals surface area contributed by atoms with Crippen molar-refractivity contribution in [1.82, 2.24) is 0 Å². The van der Waals surface area contributed by atoms with Gasteiger partial charge in [-0.25, -0.2) is 4.79 Å². The van der Waals surface area contributed by atoms with Crippen LogP contribution in [-0.2, 0) is 22.4 Å². The minimum atomic E-state index is -0.401. The Balaban J connectivity index is 1.72. The molecule has 0 N–H and O–H groups in total. The molecule has 0 saturated heterocycles. The fraction of sp³-hybridized carbons (Fsp3) is 0.130. The molecular weight excluding hydrogens is 340 g/mol. The summed E-state index contributed by atoms with van der Waals surface area (Å²) < 4.78 is 10.2. The van der Waals surface area contributed by atoms with Crippen molar-refractivity contribution < 1.29 is 19.1 Å². The Bertz CT molecular complexity index is 915. The quantitative estimate of drug-likeness (QED) is 0.488. The molecule has 0 heterocycles. The van der Waals surface area contributed by atoms with Gasteiger partial charge in [0.15, 0.2) is 0 Å². The summed E-state index contributed by atoms with van der Waals surface area (Å²) in [5.41, 5.74) is 3.38. The molecule has 0 bridgehead atoms. The van der Waals surface area contributed by atoms with E-state index in [-0.39, 0.29) is 12.4 Å². The Morgan fingerprint density at radius 3 is 2.15 bits per heavy atom. The van der Waals surface area contributed by atoms with Gasteiger partial charge in [-0.15, -0.1) is 0 Å². The minimum absolute atomic E-state index is 0.185. The Morgan fingerprint density at radius 1 is 0.778 bits per heavy atom. The smallest absolute Gasteiger partial charge is 0.343 e. The van der Waals surface area contributed by atoms with Crippen LogP contribution in [0.15, 0.2) is 78.9 Å². The first-order valence-corrected chi connectivity index (χ1v) is 8.65. The molecule has 4 heteroatoms. The summed E-state index contributed by atoms with van der Waals surface area (Å²) in [4.78, 5) is 23.9. The van der Waals surface area contributed by atoms with Gasteiger partial charge in [0.25, 0.3) is 0 Å². The van der Waals surface area contributed by atoms with E-state index < -0.39 is 5.97 Å². The second-order valence-corrected chi connectivity index (χ2v) is 6.11. The van der Waals surface area contributed by atoms with E-state index in [0.717, 1.165) is 16.7 Å². The Kier molecular flexibility index (Phi) is 6.00. The monoisotopic (exact) mass is 360 g/mol. The number of hydrogen-bond acceptors (Lipinski definition) is 4. The molecule has 3 aromatic carbocycles. The van der Waals surface area contributed by atoms with Gasteiger partial charge in [0, 0.05) is 0 Å². The zero-order valence-corrected chi connectivity index (χ0v) is 15.1. The average Bonchev–Trinajstić information content (AvgIpc) is 2.70. The molecule has 0 unspecified atom stereocenters. The fourth-order valence-corrected chi connectivity index (χ4v) is 2.77. The molecule has 27 heavy (non-hydrogen) atoms. The molecule has 0 spiro atoms. The third-order valence-electron chi connectivity index (χ3n) is 4.18. The maximum atomic E-state index is 12.6. The van der Waals surface area contributed by atoms with E-state index in [0.29, 0.717) is 17.7 Å². The van der Waals surface area contributed by atoms with Gasteiger partial charge in [-0.3, -0.25) is 4.79 Å². The van der Waals surface area contributed by atoms with Gasteiger partial charge >= 0.3 is 11.9 Å². The maximum Gasteiger partial charge on any atom is 0.343 e. The van der Waals surface area contributed by atoms with E-state index in [2.05, 4.69) is 4.74 Å². The van der Waals surface area contributed by atoms with E-state index in [1.165, 1.54) is 7.11 Å². The third kappa shape index (κ3) is 5.05. The molecule has 0 radical (unpaired) electrons. The summed E-state index contributed by atoms with van der Waals surface area (Å²) in [6.07, 6.45) is 0.842. The van der Waals surface area contributed by atoms with Gasteiger partial charge in [0.1, 0.15) is 5.75 Å². The molecule has 0 aliphatic rings. The normalized spacial score (nSPS) is 10.3. The SMILES string of the molecule is COC(=O)Cc1ccc(OC(=O)c2ccccc2Cc2ccccc2)cc1. The molecule has 0 aromatic heterocycles. The summed E-state index contributed by atoms with van der Waals surface area (Å²) >= 11 is 0. The van der Waals surface area contributed by atoms with Crippen molar-refractivity contribution in [3.63, 3.8) is 0 Å². The van der Waals surface area contributed by atoms with Gasteiger partial charge in [-0.2, -0.15) is 0 Å². The van der Waals surface area contributed by atoms with Crippen molar-refractivity contribution in [3.05, 3.63) is 101 Å². The molecule has 0 fully saturated rings. The number of rotatable bonds is 6. The zero-order chi connectivity index (χ0) is 19.1. The average molecular weight is 360 g/mol. The van der Waals surface area contributed by atoms with Crippen LogP contribution in [0, 0.1) is 0 Å². The Labute approximate surface area is 158 Å². The van der Waals surface area contributed by atoms with Crippen LogP contribution in [0.1, 0.15) is 27.0 Å². The lowest BCUT2D eigenvalue weighted by molar-refractivity contribution is -0.139. The van der Waals surface area contributed by atoms with Crippen LogP contribution < -0.4 is 4.74 Å². The first-order valence-electron chi connectivity index (χ1n) is 8.65. The fourth-order valence-electron chi connectivity index (χ4n) is 2.77. The van der Waals surface area contributed by atoms with Gasteiger partial charge < -0.3 is 9.47 Å². The number of methoxy groups -OCH3 is 1. The molecule has 0 saturated carbocycles. The Morgan fingerprint density at radius 2 is 1.44 bits per heavy atom. The number of esters is 2. The number of ether oxygens (including phenoxy) is 2. The van der Waals surface area contributed by atoms with Gasteiger partial charge in [-0.1, -0.05) is 60.7 Å². The van der Waals surface area contributed by atoms with Gasteiger partial charge in [-0.05, 0) is 41.3 Å². The highest BCUT2D eigenvalue weighted by Crippen LogP contribution is 2.19. The van der Waals surface area contributed by atoms with Crippen LogP contribution >= 0.6 is 0 Å². The summed E-state index contributed by atoms with van der Waals surface area (Å²) in [5, 5.41) is 0. The zero-order valence-electron chi connectivity index (χ0n) is 15.1. The van der Waals surface area contributed by atoms with Crippen LogP contribution in [0.2, 0.25) is 0 Å². The van der Waals surface area contributed by atoms with Gasteiger partial charge in [0.05, 0.1) is 19.1 Å². The van der Waals surface area contributed by atoms with E-state index in [9.17, 15) is 9.59 Å². The Hall–Kier alpha value is -3.40. The van der Waals surface area contributed by atoms with E-state index in [4.69, 9.17) is 4.74 Å². The van der Waals surface area contributed by atoms with Crippen molar-refractivity contribution in [2.75, 3.05) is 7.11 Å². The number of carbonyl (C=O) groups excluding carboxylic acids is 2. The molecule has 4 nitrogen and oxygen atoms in total. The third-order valence-corrected chi connectivity index (χ3v) is 4.18. The summed E-state index contributed by atoms with van der Waals surface area (Å²) in [7, 11) is 1.35. The highest BCUT2D eigenvalue weighted by molar-refractivity contribution is 5.92. The van der Waals surface area contributed by atoms with Crippen molar-refractivity contribution >= 4 is 11.9 Å². The van der Waals surface area contributed by atoms with E-state index in [1.54, 1.807) is 30.3 Å². The van der Waals surface area contributed by atoms with Crippen molar-refractivity contribution in [1.29, 1.82) is 0 Å². The highest BCUT2D eigenvalue weighted by Gasteiger charge is 2.14. The molecule has 0 aliphatic heterocycles. The molecule has 136 valence electrons. The van der Waals surface area contributed by atoms with Crippen LogP contribution in [0.5, 0.6) is 5.75 Å². The molecule has 0 amide bonds. The minimum Gasteiger partial charge on any atom is -0.469 e. The topological polar surface area (TPSA) is 52.6 Å². The number of hydrogen-bond donors (Lipinski definition) is 0. The van der Waals surface area contributed by atoms with Crippen LogP contribution in [0.25, 0.3) is 0 Å². The molecular formula is C23H20O4. The maximum absolute atomic E-state index is 12.6. The van der Waals surface area contributed by atoms with Crippen molar-refractivity contribution in [2.24, 2.45) is 0 Å². The largest absolute Gasteiger partial charge is 0.469 e. The van der Waals surface area contributed by atoms with Crippen molar-refractivity contribution in [2.45, 2.75) is 12.8 Å². The van der Waals surface area contributed by atoms with Crippen LogP contribution in [0.4, 0.5) is 0 Å². The standard InChI is InChI=1S/C23H20O4/c1-26-22(24)16-18-11-13-20(14-12-18)27-23(25)21-10-6-5-9-19(21)15-17-7-3-2-4-8-17/h2-14H,15-16H2,1H3. The summed E-state index contributed by atoms with van der Waals surface area (Å²) in [5.74, 6) is -0.278. The van der Waals surface area contributed by atoms with Crippen molar-refractivity contribution in [3.8, 4) is 5.75 Å².